The summed E-state index contributed by atoms with van der Waals surface area (Å²) in [4.78, 5) is 23.1. The Labute approximate surface area is 164 Å². The Morgan fingerprint density at radius 3 is 2.71 bits per heavy atom. The molecule has 0 unspecified atom stereocenters. The molecular weight excluding hydrogens is 352 g/mol. The largest absolute Gasteiger partial charge is 0.399 e. The molecule has 0 spiro atoms. The number of urea groups is 1. The van der Waals surface area contributed by atoms with Crippen LogP contribution in [0.25, 0.3) is 11.0 Å². The smallest absolute Gasteiger partial charge is 0.317 e. The van der Waals surface area contributed by atoms with Gasteiger partial charge < -0.3 is 20.5 Å². The Morgan fingerprint density at radius 1 is 1.21 bits per heavy atom. The van der Waals surface area contributed by atoms with Gasteiger partial charge in [-0.15, -0.1) is 0 Å². The number of carbonyl (C=O) groups excluding carboxylic acids is 1. The van der Waals surface area contributed by atoms with Gasteiger partial charge in [0, 0.05) is 38.1 Å². The number of fused-ring (bicyclic) bond motifs is 1. The lowest BCUT2D eigenvalue weighted by atomic mass is 9.97. The van der Waals surface area contributed by atoms with Crippen molar-refractivity contribution in [1.29, 1.82) is 0 Å². The molecule has 7 nitrogen and oxygen atoms in total. The summed E-state index contributed by atoms with van der Waals surface area (Å²) in [5, 5.41) is 3.01. The molecule has 2 amide bonds. The minimum Gasteiger partial charge on any atom is -0.399 e. The van der Waals surface area contributed by atoms with Gasteiger partial charge in [0.05, 0.1) is 11.7 Å². The number of rotatable bonds is 4. The van der Waals surface area contributed by atoms with Crippen LogP contribution in [0, 0.1) is 12.8 Å². The zero-order chi connectivity index (χ0) is 19.5. The van der Waals surface area contributed by atoms with E-state index in [0.29, 0.717) is 12.5 Å². The first-order valence-corrected chi connectivity index (χ1v) is 9.74. The van der Waals surface area contributed by atoms with E-state index >= 15 is 0 Å². The van der Waals surface area contributed by atoms with Crippen molar-refractivity contribution in [3.05, 3.63) is 54.1 Å². The Hall–Kier alpha value is -3.09. The van der Waals surface area contributed by atoms with Crippen LogP contribution in [0.4, 0.5) is 10.5 Å². The Bertz CT molecular complexity index is 957. The van der Waals surface area contributed by atoms with E-state index in [1.165, 1.54) is 0 Å². The van der Waals surface area contributed by atoms with E-state index in [0.717, 1.165) is 60.6 Å². The summed E-state index contributed by atoms with van der Waals surface area (Å²) < 4.78 is 2.28. The highest BCUT2D eigenvalue weighted by Crippen LogP contribution is 2.23. The lowest BCUT2D eigenvalue weighted by Gasteiger charge is -2.32. The van der Waals surface area contributed by atoms with Gasteiger partial charge in [0.2, 0.25) is 0 Å². The molecule has 1 aliphatic rings. The third-order valence-corrected chi connectivity index (χ3v) is 5.51. The lowest BCUT2D eigenvalue weighted by molar-refractivity contribution is 0.165. The molecule has 1 aromatic carbocycles. The van der Waals surface area contributed by atoms with Crippen molar-refractivity contribution in [2.24, 2.45) is 5.92 Å². The summed E-state index contributed by atoms with van der Waals surface area (Å²) in [5.74, 6) is 1.57. The maximum atomic E-state index is 12.5. The maximum absolute atomic E-state index is 12.5. The van der Waals surface area contributed by atoms with E-state index in [2.05, 4.69) is 19.9 Å². The van der Waals surface area contributed by atoms with Crippen LogP contribution in [0.15, 0.2) is 42.7 Å². The molecule has 7 heteroatoms. The van der Waals surface area contributed by atoms with Crippen LogP contribution in [0.3, 0.4) is 0 Å². The van der Waals surface area contributed by atoms with Crippen molar-refractivity contribution in [1.82, 2.24) is 24.8 Å². The van der Waals surface area contributed by atoms with Crippen LogP contribution in [-0.2, 0) is 13.1 Å². The van der Waals surface area contributed by atoms with Crippen LogP contribution in [0.2, 0.25) is 0 Å². The topological polar surface area (TPSA) is 89.1 Å². The number of carbonyl (C=O) groups is 1. The predicted octanol–water partition coefficient (Wildman–Crippen LogP) is 2.94. The van der Waals surface area contributed by atoms with E-state index in [4.69, 9.17) is 5.73 Å². The number of nitrogen functional groups attached to an aromatic ring is 1. The Balaban J connectivity index is 1.30. The molecule has 1 saturated heterocycles. The molecule has 28 heavy (non-hydrogen) atoms. The highest BCUT2D eigenvalue weighted by atomic mass is 16.2. The number of nitrogens with zero attached hydrogens (tertiary/aromatic N) is 4. The molecule has 3 N–H and O–H groups in total. The van der Waals surface area contributed by atoms with E-state index in [1.54, 1.807) is 0 Å². The van der Waals surface area contributed by atoms with Crippen LogP contribution in [0.5, 0.6) is 0 Å². The second-order valence-electron chi connectivity index (χ2n) is 7.46. The molecule has 0 radical (unpaired) electrons. The van der Waals surface area contributed by atoms with Crippen LogP contribution in [0.1, 0.15) is 24.2 Å². The fraction of sp³-hybridized carbons (Fsp3) is 0.381. The molecule has 4 rings (SSSR count). The normalized spacial score (nSPS) is 15.1. The number of benzene rings is 1. The molecule has 0 aliphatic carbocycles. The van der Waals surface area contributed by atoms with E-state index in [9.17, 15) is 4.79 Å². The molecule has 2 aromatic heterocycles. The molecule has 0 bridgehead atoms. The average Bonchev–Trinajstić information content (AvgIpc) is 3.03. The molecule has 146 valence electrons. The third kappa shape index (κ3) is 3.93. The molecule has 3 heterocycles. The van der Waals surface area contributed by atoms with Crippen molar-refractivity contribution >= 4 is 22.8 Å². The number of hydrogen-bond donors (Lipinski definition) is 2. The zero-order valence-electron chi connectivity index (χ0n) is 16.1. The number of amides is 2. The summed E-state index contributed by atoms with van der Waals surface area (Å²) in [6.45, 7) is 5.07. The van der Waals surface area contributed by atoms with Crippen molar-refractivity contribution < 1.29 is 4.79 Å². The second kappa shape index (κ2) is 7.88. The Morgan fingerprint density at radius 2 is 1.96 bits per heavy atom. The summed E-state index contributed by atoms with van der Waals surface area (Å²) in [6, 6.07) is 9.61. The van der Waals surface area contributed by atoms with Crippen LogP contribution in [-0.4, -0.2) is 38.6 Å². The van der Waals surface area contributed by atoms with Gasteiger partial charge in [0.1, 0.15) is 11.3 Å². The number of aromatic nitrogens is 3. The summed E-state index contributed by atoms with van der Waals surface area (Å²) in [7, 11) is 0. The van der Waals surface area contributed by atoms with Gasteiger partial charge >= 0.3 is 6.03 Å². The standard InChI is InChI=1S/C21H26N6O/c1-15-25-19-13-23-9-6-20(19)27(15)14-17-7-10-26(11-8-17)21(28)24-12-16-2-4-18(22)5-3-16/h2-6,9,13,17H,7-8,10-12,14,22H2,1H3,(H,24,28). The molecule has 1 aliphatic heterocycles. The van der Waals surface area contributed by atoms with E-state index < -0.39 is 0 Å². The van der Waals surface area contributed by atoms with Gasteiger partial charge in [-0.2, -0.15) is 0 Å². The number of anilines is 1. The first kappa shape index (κ1) is 18.3. The van der Waals surface area contributed by atoms with Gasteiger partial charge in [-0.25, -0.2) is 9.78 Å². The lowest BCUT2D eigenvalue weighted by Crippen LogP contribution is -2.44. The van der Waals surface area contributed by atoms with Crippen molar-refractivity contribution in [3.8, 4) is 0 Å². The number of hydrogen-bond acceptors (Lipinski definition) is 4. The number of nitrogens with two attached hydrogens (primary N) is 1. The van der Waals surface area contributed by atoms with E-state index in [-0.39, 0.29) is 6.03 Å². The fourth-order valence-corrected chi connectivity index (χ4v) is 3.83. The number of pyridine rings is 1. The summed E-state index contributed by atoms with van der Waals surface area (Å²) in [5.41, 5.74) is 9.56. The minimum atomic E-state index is 0.00519. The molecule has 0 saturated carbocycles. The number of aryl methyl sites for hydroxylation is 1. The van der Waals surface area contributed by atoms with Gasteiger partial charge in [-0.3, -0.25) is 4.98 Å². The molecule has 0 atom stereocenters. The quantitative estimate of drug-likeness (QED) is 0.683. The first-order chi connectivity index (χ1) is 13.6. The van der Waals surface area contributed by atoms with Crippen molar-refractivity contribution in [2.45, 2.75) is 32.9 Å². The SMILES string of the molecule is Cc1nc2cnccc2n1CC1CCN(C(=O)NCc2ccc(N)cc2)CC1. The highest BCUT2D eigenvalue weighted by Gasteiger charge is 2.24. The average molecular weight is 378 g/mol. The number of piperidine rings is 1. The van der Waals surface area contributed by atoms with Gasteiger partial charge in [0.15, 0.2) is 0 Å². The third-order valence-electron chi connectivity index (χ3n) is 5.51. The first-order valence-electron chi connectivity index (χ1n) is 9.74. The van der Waals surface area contributed by atoms with E-state index in [1.807, 2.05) is 54.5 Å². The monoisotopic (exact) mass is 378 g/mol. The summed E-state index contributed by atoms with van der Waals surface area (Å²) >= 11 is 0. The Kier molecular flexibility index (Phi) is 5.14. The molecule has 3 aromatic rings. The fourth-order valence-electron chi connectivity index (χ4n) is 3.83. The minimum absolute atomic E-state index is 0.00519. The highest BCUT2D eigenvalue weighted by molar-refractivity contribution is 5.75. The van der Waals surface area contributed by atoms with Crippen molar-refractivity contribution in [2.75, 3.05) is 18.8 Å². The molecular formula is C21H26N6O. The maximum Gasteiger partial charge on any atom is 0.317 e. The number of imidazole rings is 1. The van der Waals surface area contributed by atoms with Gasteiger partial charge in [0.25, 0.3) is 0 Å². The van der Waals surface area contributed by atoms with Gasteiger partial charge in [-0.05, 0) is 49.4 Å². The molecule has 1 fully saturated rings. The second-order valence-corrected chi connectivity index (χ2v) is 7.46. The number of nitrogens with one attached hydrogen (secondary N) is 1. The van der Waals surface area contributed by atoms with Crippen molar-refractivity contribution in [3.63, 3.8) is 0 Å². The number of likely N-dealkylation sites (tertiary alicyclic amines) is 1. The predicted molar refractivity (Wildman–Crippen MR) is 110 cm³/mol. The summed E-state index contributed by atoms with van der Waals surface area (Å²) in [6.07, 6.45) is 5.62. The zero-order valence-corrected chi connectivity index (χ0v) is 16.1. The van der Waals surface area contributed by atoms with Gasteiger partial charge in [-0.1, -0.05) is 12.1 Å². The van der Waals surface area contributed by atoms with Crippen LogP contribution < -0.4 is 11.1 Å². The van der Waals surface area contributed by atoms with Crippen LogP contribution >= 0.6 is 0 Å².